The first kappa shape index (κ1) is 13.4. The maximum absolute atomic E-state index is 10.3. The number of rotatable bonds is 8. The fourth-order valence-corrected chi connectivity index (χ4v) is 5.14. The zero-order valence-corrected chi connectivity index (χ0v) is 10.5. The Hall–Kier alpha value is 0.430. The van der Waals surface area contributed by atoms with Crippen molar-refractivity contribution in [3.8, 4) is 0 Å². The number of unbranched alkanes of at least 4 members (excludes halogenated alkanes) is 1. The second kappa shape index (κ2) is 7.80. The van der Waals surface area contributed by atoms with Crippen LogP contribution in [0.25, 0.3) is 0 Å². The molecule has 0 aromatic carbocycles. The SMILES string of the molecule is CCCCSP(=S)(NC=O)OCC. The second-order valence-corrected chi connectivity index (χ2v) is 9.08. The molecule has 6 heteroatoms. The molecule has 1 unspecified atom stereocenters. The Labute approximate surface area is 88.9 Å². The molecule has 0 saturated carbocycles. The summed E-state index contributed by atoms with van der Waals surface area (Å²) in [6.07, 6.45) is 2.88. The maximum atomic E-state index is 10.3. The number of carbonyl (C=O) groups is 1. The van der Waals surface area contributed by atoms with Gasteiger partial charge in [0.2, 0.25) is 12.0 Å². The van der Waals surface area contributed by atoms with E-state index in [4.69, 9.17) is 16.3 Å². The summed E-state index contributed by atoms with van der Waals surface area (Å²) in [6.45, 7) is 4.56. The van der Waals surface area contributed by atoms with Crippen LogP contribution < -0.4 is 5.09 Å². The van der Waals surface area contributed by atoms with Crippen molar-refractivity contribution in [3.05, 3.63) is 0 Å². The van der Waals surface area contributed by atoms with Gasteiger partial charge in [-0.1, -0.05) is 24.7 Å². The number of hydrogen-bond acceptors (Lipinski definition) is 4. The molecule has 0 heterocycles. The van der Waals surface area contributed by atoms with Crippen molar-refractivity contribution >= 4 is 35.2 Å². The molecule has 0 radical (unpaired) electrons. The molecule has 0 aromatic heterocycles. The van der Waals surface area contributed by atoms with Crippen molar-refractivity contribution < 1.29 is 9.32 Å². The molecule has 0 aliphatic rings. The summed E-state index contributed by atoms with van der Waals surface area (Å²) in [7, 11) is 0. The molecule has 0 aliphatic heterocycles. The Kier molecular flexibility index (Phi) is 8.06. The van der Waals surface area contributed by atoms with E-state index in [1.807, 2.05) is 6.92 Å². The summed E-state index contributed by atoms with van der Waals surface area (Å²) in [5, 5.41) is 2.60. The first-order valence-electron chi connectivity index (χ1n) is 4.29. The van der Waals surface area contributed by atoms with Crippen LogP contribution in [-0.4, -0.2) is 18.8 Å². The van der Waals surface area contributed by atoms with Gasteiger partial charge in [-0.3, -0.25) is 4.79 Å². The van der Waals surface area contributed by atoms with Crippen molar-refractivity contribution in [1.82, 2.24) is 5.09 Å². The Morgan fingerprint density at radius 1 is 1.62 bits per heavy atom. The van der Waals surface area contributed by atoms with Crippen LogP contribution in [0.4, 0.5) is 0 Å². The van der Waals surface area contributed by atoms with Crippen molar-refractivity contribution in [1.29, 1.82) is 0 Å². The molecule has 1 N–H and O–H groups in total. The molecule has 0 saturated heterocycles. The highest BCUT2D eigenvalue weighted by molar-refractivity contribution is 8.68. The van der Waals surface area contributed by atoms with Crippen LogP contribution in [0.1, 0.15) is 26.7 Å². The molecule has 0 fully saturated rings. The number of hydrogen-bond donors (Lipinski definition) is 1. The van der Waals surface area contributed by atoms with Crippen LogP contribution in [0.15, 0.2) is 0 Å². The lowest BCUT2D eigenvalue weighted by atomic mass is 10.4. The third-order valence-corrected chi connectivity index (χ3v) is 6.88. The van der Waals surface area contributed by atoms with E-state index >= 15 is 0 Å². The second-order valence-electron chi connectivity index (χ2n) is 2.35. The zero-order chi connectivity index (χ0) is 10.2. The third kappa shape index (κ3) is 6.49. The summed E-state index contributed by atoms with van der Waals surface area (Å²) in [6, 6.07) is 0. The van der Waals surface area contributed by atoms with E-state index in [1.54, 1.807) is 11.4 Å². The molecule has 0 aromatic rings. The smallest absolute Gasteiger partial charge is 0.213 e. The Morgan fingerprint density at radius 2 is 2.31 bits per heavy atom. The predicted octanol–water partition coefficient (Wildman–Crippen LogP) is 2.53. The average molecular weight is 241 g/mol. The van der Waals surface area contributed by atoms with E-state index < -0.39 is 5.62 Å². The lowest BCUT2D eigenvalue weighted by molar-refractivity contribution is -0.108. The van der Waals surface area contributed by atoms with Crippen molar-refractivity contribution in [3.63, 3.8) is 0 Å². The van der Waals surface area contributed by atoms with Crippen LogP contribution in [0.3, 0.4) is 0 Å². The lowest BCUT2D eigenvalue weighted by Crippen LogP contribution is -2.07. The topological polar surface area (TPSA) is 38.3 Å². The minimum absolute atomic E-state index is 0.553. The highest BCUT2D eigenvalue weighted by Gasteiger charge is 2.15. The fourth-order valence-electron chi connectivity index (χ4n) is 0.675. The summed E-state index contributed by atoms with van der Waals surface area (Å²) in [5.41, 5.74) is -2.12. The van der Waals surface area contributed by atoms with E-state index in [2.05, 4.69) is 12.0 Å². The largest absolute Gasteiger partial charge is 0.327 e. The molecule has 1 amide bonds. The molecule has 0 spiro atoms. The Balaban J connectivity index is 3.91. The molecule has 3 nitrogen and oxygen atoms in total. The van der Waals surface area contributed by atoms with Crippen molar-refractivity contribution in [2.75, 3.05) is 12.4 Å². The minimum Gasteiger partial charge on any atom is -0.327 e. The summed E-state index contributed by atoms with van der Waals surface area (Å²) >= 11 is 6.78. The predicted molar refractivity (Wildman–Crippen MR) is 62.5 cm³/mol. The van der Waals surface area contributed by atoms with Gasteiger partial charge < -0.3 is 9.61 Å². The zero-order valence-electron chi connectivity index (χ0n) is 7.99. The van der Waals surface area contributed by atoms with Gasteiger partial charge >= 0.3 is 0 Å². The van der Waals surface area contributed by atoms with Crippen LogP contribution >= 0.6 is 17.0 Å². The average Bonchev–Trinajstić information content (AvgIpc) is 2.05. The molecular formula is C7H16NO2PS2. The lowest BCUT2D eigenvalue weighted by Gasteiger charge is -2.18. The molecule has 78 valence electrons. The number of amides is 1. The maximum Gasteiger partial charge on any atom is 0.213 e. The van der Waals surface area contributed by atoms with E-state index in [0.29, 0.717) is 13.0 Å². The van der Waals surface area contributed by atoms with Gasteiger partial charge in [-0.25, -0.2) is 0 Å². The van der Waals surface area contributed by atoms with Crippen LogP contribution in [0.5, 0.6) is 0 Å². The molecule has 0 bridgehead atoms. The van der Waals surface area contributed by atoms with Gasteiger partial charge in [0.15, 0.2) is 0 Å². The van der Waals surface area contributed by atoms with Gasteiger partial charge in [0.25, 0.3) is 0 Å². The van der Waals surface area contributed by atoms with E-state index in [1.165, 1.54) is 0 Å². The Bertz CT molecular complexity index is 189. The summed E-state index contributed by atoms with van der Waals surface area (Å²) in [4.78, 5) is 10.3. The van der Waals surface area contributed by atoms with Gasteiger partial charge in [-0.2, -0.15) is 0 Å². The summed E-state index contributed by atoms with van der Waals surface area (Å²) in [5.74, 6) is 0.953. The minimum atomic E-state index is -2.12. The molecule has 0 aliphatic carbocycles. The molecule has 0 rings (SSSR count). The van der Waals surface area contributed by atoms with E-state index in [0.717, 1.165) is 18.6 Å². The highest BCUT2D eigenvalue weighted by atomic mass is 32.9. The normalized spacial score (nSPS) is 14.9. The van der Waals surface area contributed by atoms with E-state index in [9.17, 15) is 4.79 Å². The standard InChI is InChI=1S/C7H16NO2PS2/c1-3-5-6-13-11(12,8-7-9)10-4-2/h7H,3-6H2,1-2H3,(H,8,9,12). The van der Waals surface area contributed by atoms with Gasteiger partial charge in [0.05, 0.1) is 6.61 Å². The van der Waals surface area contributed by atoms with Gasteiger partial charge in [0, 0.05) is 5.75 Å². The van der Waals surface area contributed by atoms with E-state index in [-0.39, 0.29) is 0 Å². The first-order valence-corrected chi connectivity index (χ1v) is 8.60. The molecule has 13 heavy (non-hydrogen) atoms. The van der Waals surface area contributed by atoms with Gasteiger partial charge in [-0.05, 0) is 25.2 Å². The molecular weight excluding hydrogens is 225 g/mol. The van der Waals surface area contributed by atoms with Crippen molar-refractivity contribution in [2.24, 2.45) is 0 Å². The van der Waals surface area contributed by atoms with Crippen molar-refractivity contribution in [2.45, 2.75) is 26.7 Å². The number of carbonyl (C=O) groups excluding carboxylic acids is 1. The first-order chi connectivity index (χ1) is 6.18. The fraction of sp³-hybridized carbons (Fsp3) is 0.857. The summed E-state index contributed by atoms with van der Waals surface area (Å²) < 4.78 is 5.36. The van der Waals surface area contributed by atoms with Gasteiger partial charge in [0.1, 0.15) is 0 Å². The number of nitrogens with one attached hydrogen (secondary N) is 1. The molecule has 1 atom stereocenters. The van der Waals surface area contributed by atoms with Gasteiger partial charge in [-0.15, -0.1) is 0 Å². The van der Waals surface area contributed by atoms with Crippen LogP contribution in [0, 0.1) is 0 Å². The Morgan fingerprint density at radius 3 is 2.77 bits per heavy atom. The third-order valence-electron chi connectivity index (χ3n) is 1.27. The van der Waals surface area contributed by atoms with Crippen LogP contribution in [-0.2, 0) is 21.1 Å². The monoisotopic (exact) mass is 241 g/mol. The van der Waals surface area contributed by atoms with Crippen LogP contribution in [0.2, 0.25) is 0 Å². The highest BCUT2D eigenvalue weighted by Crippen LogP contribution is 2.55. The quantitative estimate of drug-likeness (QED) is 0.402.